The summed E-state index contributed by atoms with van der Waals surface area (Å²) in [5.74, 6) is 0.477. The molecule has 0 aromatic heterocycles. The van der Waals surface area contributed by atoms with Crippen LogP contribution in [0.5, 0.6) is 0 Å². The third-order valence-corrected chi connectivity index (χ3v) is 2.21. The van der Waals surface area contributed by atoms with Gasteiger partial charge < -0.3 is 10.6 Å². The van der Waals surface area contributed by atoms with Crippen molar-refractivity contribution < 1.29 is 4.79 Å². The fourth-order valence-corrected chi connectivity index (χ4v) is 1.36. The highest BCUT2D eigenvalue weighted by molar-refractivity contribution is 5.73. The largest absolute Gasteiger partial charge is 0.338 e. The second-order valence-electron chi connectivity index (χ2n) is 4.45. The van der Waals surface area contributed by atoms with E-state index in [4.69, 9.17) is 0 Å². The van der Waals surface area contributed by atoms with Gasteiger partial charge in [0.05, 0.1) is 0 Å². The summed E-state index contributed by atoms with van der Waals surface area (Å²) in [6.45, 7) is 7.47. The maximum absolute atomic E-state index is 11.4. The average Bonchev–Trinajstić information content (AvgIpc) is 2.23. The predicted octanol–water partition coefficient (Wildman–Crippen LogP) is 2.45. The molecule has 88 valence electrons. The number of urea groups is 1. The van der Waals surface area contributed by atoms with Crippen LogP contribution in [0.2, 0.25) is 0 Å². The molecule has 0 aliphatic heterocycles. The first-order valence-corrected chi connectivity index (χ1v) is 5.65. The highest BCUT2D eigenvalue weighted by Crippen LogP contribution is 2.02. The first-order chi connectivity index (χ1) is 7.58. The molecule has 0 radical (unpaired) electrons. The SMILES string of the molecule is Cc1cccc(CNC(=O)NCC(C)C)c1. The number of carbonyl (C=O) groups excluding carboxylic acids is 1. The molecule has 0 bridgehead atoms. The Bertz CT molecular complexity index is 348. The summed E-state index contributed by atoms with van der Waals surface area (Å²) in [6, 6.07) is 8.02. The van der Waals surface area contributed by atoms with Crippen molar-refractivity contribution in [2.45, 2.75) is 27.3 Å². The predicted molar refractivity (Wildman–Crippen MR) is 66.3 cm³/mol. The minimum atomic E-state index is -0.102. The van der Waals surface area contributed by atoms with Crippen molar-refractivity contribution >= 4 is 6.03 Å². The van der Waals surface area contributed by atoms with Crippen molar-refractivity contribution in [2.75, 3.05) is 6.54 Å². The smallest absolute Gasteiger partial charge is 0.315 e. The normalized spacial score (nSPS) is 10.2. The van der Waals surface area contributed by atoms with E-state index >= 15 is 0 Å². The molecule has 0 spiro atoms. The van der Waals surface area contributed by atoms with E-state index in [1.807, 2.05) is 25.1 Å². The molecule has 2 amide bonds. The Hall–Kier alpha value is -1.51. The zero-order chi connectivity index (χ0) is 12.0. The molecule has 2 N–H and O–H groups in total. The molecule has 16 heavy (non-hydrogen) atoms. The van der Waals surface area contributed by atoms with E-state index in [2.05, 4.69) is 30.5 Å². The molecule has 0 heterocycles. The summed E-state index contributed by atoms with van der Waals surface area (Å²) in [5.41, 5.74) is 2.33. The number of benzene rings is 1. The minimum Gasteiger partial charge on any atom is -0.338 e. The number of carbonyl (C=O) groups is 1. The van der Waals surface area contributed by atoms with Crippen LogP contribution in [0.4, 0.5) is 4.79 Å². The quantitative estimate of drug-likeness (QED) is 0.804. The number of amides is 2. The Kier molecular flexibility index (Phi) is 4.83. The second kappa shape index (κ2) is 6.16. The zero-order valence-corrected chi connectivity index (χ0v) is 10.2. The molecule has 0 atom stereocenters. The summed E-state index contributed by atoms with van der Waals surface area (Å²) in [7, 11) is 0. The third kappa shape index (κ3) is 4.82. The van der Waals surface area contributed by atoms with Crippen LogP contribution in [0.1, 0.15) is 25.0 Å². The number of hydrogen-bond donors (Lipinski definition) is 2. The molecule has 3 nitrogen and oxygen atoms in total. The van der Waals surface area contributed by atoms with Gasteiger partial charge in [-0.15, -0.1) is 0 Å². The minimum absolute atomic E-state index is 0.102. The van der Waals surface area contributed by atoms with E-state index in [9.17, 15) is 4.79 Å². The molecule has 1 aromatic carbocycles. The van der Waals surface area contributed by atoms with Crippen molar-refractivity contribution in [3.63, 3.8) is 0 Å². The summed E-state index contributed by atoms with van der Waals surface area (Å²) in [4.78, 5) is 11.4. The van der Waals surface area contributed by atoms with Gasteiger partial charge in [0, 0.05) is 13.1 Å². The monoisotopic (exact) mass is 220 g/mol. The Morgan fingerprint density at radius 1 is 1.31 bits per heavy atom. The van der Waals surface area contributed by atoms with Crippen molar-refractivity contribution in [1.82, 2.24) is 10.6 Å². The van der Waals surface area contributed by atoms with Gasteiger partial charge in [0.1, 0.15) is 0 Å². The number of hydrogen-bond acceptors (Lipinski definition) is 1. The van der Waals surface area contributed by atoms with Crippen LogP contribution in [-0.4, -0.2) is 12.6 Å². The molecular formula is C13H20N2O. The topological polar surface area (TPSA) is 41.1 Å². The van der Waals surface area contributed by atoms with Crippen molar-refractivity contribution in [2.24, 2.45) is 5.92 Å². The molecule has 3 heteroatoms. The maximum atomic E-state index is 11.4. The van der Waals surface area contributed by atoms with E-state index in [0.717, 1.165) is 5.56 Å². The van der Waals surface area contributed by atoms with Gasteiger partial charge in [-0.1, -0.05) is 43.7 Å². The van der Waals surface area contributed by atoms with E-state index in [0.29, 0.717) is 19.0 Å². The summed E-state index contributed by atoms with van der Waals surface area (Å²) in [6.07, 6.45) is 0. The van der Waals surface area contributed by atoms with Crippen LogP contribution in [0.3, 0.4) is 0 Å². The van der Waals surface area contributed by atoms with Gasteiger partial charge in [0.2, 0.25) is 0 Å². The lowest BCUT2D eigenvalue weighted by atomic mass is 10.1. The Labute approximate surface area is 97.2 Å². The van der Waals surface area contributed by atoms with Crippen LogP contribution in [0.15, 0.2) is 24.3 Å². The lowest BCUT2D eigenvalue weighted by molar-refractivity contribution is 0.239. The first-order valence-electron chi connectivity index (χ1n) is 5.65. The van der Waals surface area contributed by atoms with Gasteiger partial charge in [-0.2, -0.15) is 0 Å². The molecule has 0 aliphatic rings. The summed E-state index contributed by atoms with van der Waals surface area (Å²) >= 11 is 0. The average molecular weight is 220 g/mol. The van der Waals surface area contributed by atoms with Gasteiger partial charge in [0.15, 0.2) is 0 Å². The Morgan fingerprint density at radius 2 is 2.06 bits per heavy atom. The van der Waals surface area contributed by atoms with Gasteiger partial charge in [0.25, 0.3) is 0 Å². The fraction of sp³-hybridized carbons (Fsp3) is 0.462. The highest BCUT2D eigenvalue weighted by atomic mass is 16.2. The number of nitrogens with one attached hydrogen (secondary N) is 2. The van der Waals surface area contributed by atoms with Crippen LogP contribution >= 0.6 is 0 Å². The maximum Gasteiger partial charge on any atom is 0.315 e. The van der Waals surface area contributed by atoms with Crippen LogP contribution in [-0.2, 0) is 6.54 Å². The standard InChI is InChI=1S/C13H20N2O/c1-10(2)8-14-13(16)15-9-12-6-4-5-11(3)7-12/h4-7,10H,8-9H2,1-3H3,(H2,14,15,16). The van der Waals surface area contributed by atoms with Crippen LogP contribution in [0.25, 0.3) is 0 Å². The Morgan fingerprint density at radius 3 is 2.69 bits per heavy atom. The van der Waals surface area contributed by atoms with Crippen LogP contribution < -0.4 is 10.6 Å². The van der Waals surface area contributed by atoms with E-state index < -0.39 is 0 Å². The van der Waals surface area contributed by atoms with E-state index in [-0.39, 0.29) is 6.03 Å². The van der Waals surface area contributed by atoms with Crippen molar-refractivity contribution in [3.8, 4) is 0 Å². The molecule has 0 fully saturated rings. The van der Waals surface area contributed by atoms with E-state index in [1.165, 1.54) is 5.56 Å². The van der Waals surface area contributed by atoms with Gasteiger partial charge >= 0.3 is 6.03 Å². The zero-order valence-electron chi connectivity index (χ0n) is 10.2. The molecule has 0 aliphatic carbocycles. The van der Waals surface area contributed by atoms with Gasteiger partial charge in [-0.25, -0.2) is 4.79 Å². The third-order valence-electron chi connectivity index (χ3n) is 2.21. The molecule has 0 saturated carbocycles. The highest BCUT2D eigenvalue weighted by Gasteiger charge is 2.01. The molecule has 1 rings (SSSR count). The molecule has 1 aromatic rings. The van der Waals surface area contributed by atoms with E-state index in [1.54, 1.807) is 0 Å². The molecule has 0 unspecified atom stereocenters. The number of aryl methyl sites for hydroxylation is 1. The lowest BCUT2D eigenvalue weighted by Gasteiger charge is -2.09. The first kappa shape index (κ1) is 12.6. The Balaban J connectivity index is 2.31. The molecule has 0 saturated heterocycles. The van der Waals surface area contributed by atoms with Crippen molar-refractivity contribution in [1.29, 1.82) is 0 Å². The number of rotatable bonds is 4. The van der Waals surface area contributed by atoms with Gasteiger partial charge in [-0.3, -0.25) is 0 Å². The van der Waals surface area contributed by atoms with Gasteiger partial charge in [-0.05, 0) is 18.4 Å². The summed E-state index contributed by atoms with van der Waals surface area (Å²) < 4.78 is 0. The lowest BCUT2D eigenvalue weighted by Crippen LogP contribution is -2.36. The van der Waals surface area contributed by atoms with Crippen LogP contribution in [0, 0.1) is 12.8 Å². The molecular weight excluding hydrogens is 200 g/mol. The summed E-state index contributed by atoms with van der Waals surface area (Å²) in [5, 5.41) is 5.65. The van der Waals surface area contributed by atoms with Crippen molar-refractivity contribution in [3.05, 3.63) is 35.4 Å². The second-order valence-corrected chi connectivity index (χ2v) is 4.45. The fourth-order valence-electron chi connectivity index (χ4n) is 1.36.